The first kappa shape index (κ1) is 19.9. The molecule has 0 saturated carbocycles. The molecule has 0 aliphatic rings. The largest absolute Gasteiger partial charge is 0.477 e. The fraction of sp³-hybridized carbons (Fsp3) is 0.136. The number of amides is 1. The highest BCUT2D eigenvalue weighted by Crippen LogP contribution is 2.23. The number of pyridine rings is 1. The molecule has 0 spiro atoms. The molecule has 29 heavy (non-hydrogen) atoms. The Hall–Kier alpha value is -3.87. The zero-order chi connectivity index (χ0) is 20.5. The smallest absolute Gasteiger partial charge is 0.344 e. The highest BCUT2D eigenvalue weighted by Gasteiger charge is 2.16. The standard InChI is InChI=1S/C22H20N2O5/c1-2-27-21-19(12-7-13-23-21)22(26)28-15-20(25)24-16-8-6-11-18(14-16)29-17-9-4-3-5-10-17/h3-14H,2,15H2,1H3,(H,24,25). The maximum absolute atomic E-state index is 12.2. The van der Waals surface area contributed by atoms with Gasteiger partial charge in [-0.05, 0) is 43.3 Å². The van der Waals surface area contributed by atoms with Gasteiger partial charge < -0.3 is 19.5 Å². The minimum Gasteiger partial charge on any atom is -0.477 e. The zero-order valence-corrected chi connectivity index (χ0v) is 15.8. The summed E-state index contributed by atoms with van der Waals surface area (Å²) in [6.45, 7) is 1.70. The molecule has 0 aliphatic heterocycles. The molecule has 7 heteroatoms. The molecule has 0 atom stereocenters. The Morgan fingerprint density at radius 1 is 0.966 bits per heavy atom. The number of carbonyl (C=O) groups is 2. The van der Waals surface area contributed by atoms with E-state index in [1.165, 1.54) is 12.3 Å². The first-order valence-corrected chi connectivity index (χ1v) is 9.03. The van der Waals surface area contributed by atoms with Crippen LogP contribution in [0.3, 0.4) is 0 Å². The third kappa shape index (κ3) is 5.80. The summed E-state index contributed by atoms with van der Waals surface area (Å²) in [5, 5.41) is 2.67. The van der Waals surface area contributed by atoms with Gasteiger partial charge in [-0.25, -0.2) is 9.78 Å². The number of benzene rings is 2. The van der Waals surface area contributed by atoms with Gasteiger partial charge in [0.15, 0.2) is 6.61 Å². The maximum Gasteiger partial charge on any atom is 0.344 e. The third-order valence-electron chi connectivity index (χ3n) is 3.70. The van der Waals surface area contributed by atoms with Crippen molar-refractivity contribution in [3.8, 4) is 17.4 Å². The lowest BCUT2D eigenvalue weighted by Gasteiger charge is -2.10. The number of ether oxygens (including phenoxy) is 3. The van der Waals surface area contributed by atoms with Gasteiger partial charge in [-0.1, -0.05) is 24.3 Å². The van der Waals surface area contributed by atoms with Crippen molar-refractivity contribution in [1.82, 2.24) is 4.98 Å². The lowest BCUT2D eigenvalue weighted by molar-refractivity contribution is -0.119. The van der Waals surface area contributed by atoms with Crippen molar-refractivity contribution < 1.29 is 23.8 Å². The van der Waals surface area contributed by atoms with Crippen LogP contribution >= 0.6 is 0 Å². The molecule has 3 rings (SSSR count). The Morgan fingerprint density at radius 2 is 1.76 bits per heavy atom. The fourth-order valence-corrected chi connectivity index (χ4v) is 2.47. The van der Waals surface area contributed by atoms with Gasteiger partial charge in [0.25, 0.3) is 5.91 Å². The molecule has 0 aliphatic carbocycles. The number of carbonyl (C=O) groups excluding carboxylic acids is 2. The summed E-state index contributed by atoms with van der Waals surface area (Å²) in [4.78, 5) is 28.4. The molecule has 1 heterocycles. The summed E-state index contributed by atoms with van der Waals surface area (Å²) in [6.07, 6.45) is 1.51. The van der Waals surface area contributed by atoms with Crippen LogP contribution in [0, 0.1) is 0 Å². The van der Waals surface area contributed by atoms with E-state index in [1.54, 1.807) is 37.3 Å². The van der Waals surface area contributed by atoms with Gasteiger partial charge in [0, 0.05) is 18.0 Å². The SMILES string of the molecule is CCOc1ncccc1C(=O)OCC(=O)Nc1cccc(Oc2ccccc2)c1. The van der Waals surface area contributed by atoms with E-state index in [4.69, 9.17) is 14.2 Å². The van der Waals surface area contributed by atoms with E-state index in [2.05, 4.69) is 10.3 Å². The number of aromatic nitrogens is 1. The second-order valence-electron chi connectivity index (χ2n) is 5.86. The number of anilines is 1. The summed E-state index contributed by atoms with van der Waals surface area (Å²) >= 11 is 0. The van der Waals surface area contributed by atoms with Crippen LogP contribution in [0.15, 0.2) is 72.9 Å². The van der Waals surface area contributed by atoms with E-state index in [-0.39, 0.29) is 11.4 Å². The first-order chi connectivity index (χ1) is 14.2. The molecule has 148 valence electrons. The highest BCUT2D eigenvalue weighted by atomic mass is 16.5. The molecule has 0 fully saturated rings. The topological polar surface area (TPSA) is 86.8 Å². The average Bonchev–Trinajstić information content (AvgIpc) is 2.74. The summed E-state index contributed by atoms with van der Waals surface area (Å²) in [7, 11) is 0. The summed E-state index contributed by atoms with van der Waals surface area (Å²) in [5.41, 5.74) is 0.691. The van der Waals surface area contributed by atoms with Crippen molar-refractivity contribution in [2.75, 3.05) is 18.5 Å². The van der Waals surface area contributed by atoms with E-state index >= 15 is 0 Å². The summed E-state index contributed by atoms with van der Waals surface area (Å²) in [6, 6.07) is 19.4. The number of rotatable bonds is 8. The van der Waals surface area contributed by atoms with Crippen LogP contribution in [0.25, 0.3) is 0 Å². The van der Waals surface area contributed by atoms with Gasteiger partial charge in [0.05, 0.1) is 6.61 Å². The third-order valence-corrected chi connectivity index (χ3v) is 3.70. The molecular weight excluding hydrogens is 372 g/mol. The molecule has 0 bridgehead atoms. The molecular formula is C22H20N2O5. The molecule has 7 nitrogen and oxygen atoms in total. The summed E-state index contributed by atoms with van der Waals surface area (Å²) in [5.74, 6) is 0.273. The van der Waals surface area contributed by atoms with Crippen LogP contribution in [0.1, 0.15) is 17.3 Å². The van der Waals surface area contributed by atoms with Crippen molar-refractivity contribution in [3.05, 3.63) is 78.5 Å². The second kappa shape index (κ2) is 9.89. The van der Waals surface area contributed by atoms with Crippen LogP contribution in [-0.4, -0.2) is 30.1 Å². The molecule has 0 saturated heterocycles. The van der Waals surface area contributed by atoms with Crippen LogP contribution in [-0.2, 0) is 9.53 Å². The van der Waals surface area contributed by atoms with Crippen LogP contribution in [0.5, 0.6) is 17.4 Å². The minimum atomic E-state index is -0.683. The molecule has 2 aromatic carbocycles. The summed E-state index contributed by atoms with van der Waals surface area (Å²) < 4.78 is 16.1. The van der Waals surface area contributed by atoms with Gasteiger partial charge in [0.1, 0.15) is 17.1 Å². The molecule has 1 aromatic heterocycles. The van der Waals surface area contributed by atoms with E-state index < -0.39 is 18.5 Å². The van der Waals surface area contributed by atoms with Crippen molar-refractivity contribution in [2.24, 2.45) is 0 Å². The molecule has 0 radical (unpaired) electrons. The number of nitrogens with one attached hydrogen (secondary N) is 1. The van der Waals surface area contributed by atoms with Gasteiger partial charge in [0.2, 0.25) is 5.88 Å². The number of esters is 1. The lowest BCUT2D eigenvalue weighted by Crippen LogP contribution is -2.21. The zero-order valence-electron chi connectivity index (χ0n) is 15.8. The number of para-hydroxylation sites is 1. The van der Waals surface area contributed by atoms with Crippen molar-refractivity contribution in [2.45, 2.75) is 6.92 Å². The first-order valence-electron chi connectivity index (χ1n) is 9.03. The second-order valence-corrected chi connectivity index (χ2v) is 5.86. The Balaban J connectivity index is 1.56. The predicted octanol–water partition coefficient (Wildman–Crippen LogP) is 4.07. The van der Waals surface area contributed by atoms with E-state index in [0.717, 1.165) is 0 Å². The maximum atomic E-state index is 12.2. The van der Waals surface area contributed by atoms with Crippen molar-refractivity contribution in [3.63, 3.8) is 0 Å². The minimum absolute atomic E-state index is 0.167. The number of hydrogen-bond donors (Lipinski definition) is 1. The number of hydrogen-bond acceptors (Lipinski definition) is 6. The van der Waals surface area contributed by atoms with Gasteiger partial charge in [-0.15, -0.1) is 0 Å². The Morgan fingerprint density at radius 3 is 2.55 bits per heavy atom. The molecule has 3 aromatic rings. The van der Waals surface area contributed by atoms with E-state index in [1.807, 2.05) is 30.3 Å². The fourth-order valence-electron chi connectivity index (χ4n) is 2.47. The quantitative estimate of drug-likeness (QED) is 0.582. The lowest BCUT2D eigenvalue weighted by atomic mass is 10.3. The highest BCUT2D eigenvalue weighted by molar-refractivity contribution is 5.96. The van der Waals surface area contributed by atoms with Crippen molar-refractivity contribution >= 4 is 17.6 Å². The van der Waals surface area contributed by atoms with Gasteiger partial charge >= 0.3 is 5.97 Å². The van der Waals surface area contributed by atoms with Crippen molar-refractivity contribution in [1.29, 1.82) is 0 Å². The Bertz CT molecular complexity index is 976. The molecule has 1 N–H and O–H groups in total. The Labute approximate surface area is 168 Å². The van der Waals surface area contributed by atoms with Crippen LogP contribution in [0.2, 0.25) is 0 Å². The normalized spacial score (nSPS) is 10.1. The van der Waals surface area contributed by atoms with Gasteiger partial charge in [-0.2, -0.15) is 0 Å². The van der Waals surface area contributed by atoms with Crippen LogP contribution < -0.4 is 14.8 Å². The molecule has 0 unspecified atom stereocenters. The molecule has 1 amide bonds. The average molecular weight is 392 g/mol. The monoisotopic (exact) mass is 392 g/mol. The van der Waals surface area contributed by atoms with E-state index in [0.29, 0.717) is 23.8 Å². The van der Waals surface area contributed by atoms with E-state index in [9.17, 15) is 9.59 Å². The van der Waals surface area contributed by atoms with Gasteiger partial charge in [-0.3, -0.25) is 4.79 Å². The number of nitrogens with zero attached hydrogens (tertiary/aromatic N) is 1. The Kier molecular flexibility index (Phi) is 6.78. The van der Waals surface area contributed by atoms with Crippen LogP contribution in [0.4, 0.5) is 5.69 Å². The predicted molar refractivity (Wildman–Crippen MR) is 107 cm³/mol.